The van der Waals surface area contributed by atoms with E-state index in [4.69, 9.17) is 0 Å². The molecule has 0 unspecified atom stereocenters. The van der Waals surface area contributed by atoms with E-state index in [2.05, 4.69) is 109 Å². The normalized spacial score (nSPS) is 10.7. The molecule has 0 saturated heterocycles. The maximum absolute atomic E-state index is 2.37. The van der Waals surface area contributed by atoms with Crippen molar-refractivity contribution >= 4 is 0 Å². The van der Waals surface area contributed by atoms with Crippen molar-refractivity contribution in [1.82, 2.24) is 0 Å². The molecule has 0 atom stereocenters. The standard InChI is InChI=1S/C27H24/c1-4-10-22(11-5-1)16-25-19-26(17-23-12-6-2-7-13-23)21-27(20-25)18-24-14-8-3-9-15-24/h1-15,19-21H,16-18H2. The van der Waals surface area contributed by atoms with Gasteiger partial charge in [-0.1, -0.05) is 109 Å². The Morgan fingerprint density at radius 2 is 0.556 bits per heavy atom. The van der Waals surface area contributed by atoms with Crippen LogP contribution in [0.1, 0.15) is 33.4 Å². The van der Waals surface area contributed by atoms with Crippen LogP contribution < -0.4 is 0 Å². The largest absolute Gasteiger partial charge is 0.0622 e. The molecule has 0 aliphatic rings. The van der Waals surface area contributed by atoms with Crippen molar-refractivity contribution in [2.45, 2.75) is 19.3 Å². The summed E-state index contributed by atoms with van der Waals surface area (Å²) in [5.41, 5.74) is 8.25. The first kappa shape index (κ1) is 17.3. The minimum absolute atomic E-state index is 0.977. The maximum Gasteiger partial charge on any atom is -0.00256 e. The minimum atomic E-state index is 0.977. The van der Waals surface area contributed by atoms with Crippen LogP contribution in [0.15, 0.2) is 109 Å². The Labute approximate surface area is 162 Å². The zero-order valence-corrected chi connectivity index (χ0v) is 15.5. The van der Waals surface area contributed by atoms with E-state index < -0.39 is 0 Å². The molecule has 0 aliphatic carbocycles. The lowest BCUT2D eigenvalue weighted by Gasteiger charge is -2.11. The van der Waals surface area contributed by atoms with Gasteiger partial charge in [0.25, 0.3) is 0 Å². The van der Waals surface area contributed by atoms with Gasteiger partial charge in [-0.15, -0.1) is 0 Å². The highest BCUT2D eigenvalue weighted by atomic mass is 14.1. The van der Waals surface area contributed by atoms with Crippen LogP contribution in [-0.2, 0) is 19.3 Å². The summed E-state index contributed by atoms with van der Waals surface area (Å²) in [7, 11) is 0. The summed E-state index contributed by atoms with van der Waals surface area (Å²) in [6, 6.07) is 39.3. The summed E-state index contributed by atoms with van der Waals surface area (Å²) in [6.45, 7) is 0. The first-order valence-corrected chi connectivity index (χ1v) is 9.59. The highest BCUT2D eigenvalue weighted by Crippen LogP contribution is 2.20. The van der Waals surface area contributed by atoms with Gasteiger partial charge in [0.2, 0.25) is 0 Å². The first-order chi connectivity index (χ1) is 13.3. The average molecular weight is 348 g/mol. The average Bonchev–Trinajstić information content (AvgIpc) is 2.70. The summed E-state index contributed by atoms with van der Waals surface area (Å²) in [5, 5.41) is 0. The van der Waals surface area contributed by atoms with E-state index in [9.17, 15) is 0 Å². The summed E-state index contributed by atoms with van der Waals surface area (Å²) < 4.78 is 0. The Kier molecular flexibility index (Phi) is 5.45. The first-order valence-electron chi connectivity index (χ1n) is 9.59. The molecule has 0 bridgehead atoms. The van der Waals surface area contributed by atoms with Crippen molar-refractivity contribution in [1.29, 1.82) is 0 Å². The number of hydrogen-bond acceptors (Lipinski definition) is 0. The lowest BCUT2D eigenvalue weighted by atomic mass is 9.94. The molecule has 0 heterocycles. The SMILES string of the molecule is c1ccc(Cc2cc(Cc3ccccc3)cc(Cc3ccccc3)c2)cc1. The second kappa shape index (κ2) is 8.51. The Morgan fingerprint density at radius 1 is 0.296 bits per heavy atom. The molecule has 0 nitrogen and oxygen atoms in total. The second-order valence-corrected chi connectivity index (χ2v) is 7.14. The predicted molar refractivity (Wildman–Crippen MR) is 114 cm³/mol. The number of hydrogen-bond donors (Lipinski definition) is 0. The summed E-state index contributed by atoms with van der Waals surface area (Å²) in [5.74, 6) is 0. The zero-order valence-electron chi connectivity index (χ0n) is 15.5. The van der Waals surface area contributed by atoms with E-state index in [1.807, 2.05) is 0 Å². The van der Waals surface area contributed by atoms with Crippen LogP contribution in [0.5, 0.6) is 0 Å². The molecule has 4 rings (SSSR count). The number of benzene rings is 4. The highest BCUT2D eigenvalue weighted by Gasteiger charge is 2.05. The van der Waals surface area contributed by atoms with Gasteiger partial charge in [0.1, 0.15) is 0 Å². The molecule has 0 saturated carbocycles. The molecule has 0 fully saturated rings. The zero-order chi connectivity index (χ0) is 18.3. The fourth-order valence-corrected chi connectivity index (χ4v) is 3.64. The van der Waals surface area contributed by atoms with E-state index in [1.165, 1.54) is 33.4 Å². The quantitative estimate of drug-likeness (QED) is 0.375. The molecule has 0 N–H and O–H groups in total. The van der Waals surface area contributed by atoms with Crippen LogP contribution in [0.3, 0.4) is 0 Å². The third-order valence-electron chi connectivity index (χ3n) is 4.87. The smallest absolute Gasteiger partial charge is 0.00256 e. The third kappa shape index (κ3) is 4.95. The van der Waals surface area contributed by atoms with Crippen LogP contribution in [0.2, 0.25) is 0 Å². The van der Waals surface area contributed by atoms with E-state index >= 15 is 0 Å². The molecular weight excluding hydrogens is 324 g/mol. The second-order valence-electron chi connectivity index (χ2n) is 7.14. The van der Waals surface area contributed by atoms with Crippen LogP contribution >= 0.6 is 0 Å². The van der Waals surface area contributed by atoms with Crippen molar-refractivity contribution in [3.05, 3.63) is 143 Å². The molecule has 4 aromatic carbocycles. The Balaban J connectivity index is 1.64. The molecule has 0 radical (unpaired) electrons. The van der Waals surface area contributed by atoms with Crippen molar-refractivity contribution in [3.63, 3.8) is 0 Å². The van der Waals surface area contributed by atoms with Crippen LogP contribution in [0.4, 0.5) is 0 Å². The summed E-state index contributed by atoms with van der Waals surface area (Å²) in [4.78, 5) is 0. The molecule has 132 valence electrons. The highest BCUT2D eigenvalue weighted by molar-refractivity contribution is 5.38. The van der Waals surface area contributed by atoms with Crippen molar-refractivity contribution in [3.8, 4) is 0 Å². The van der Waals surface area contributed by atoms with E-state index in [1.54, 1.807) is 0 Å². The fraction of sp³-hybridized carbons (Fsp3) is 0.111. The van der Waals surface area contributed by atoms with Gasteiger partial charge in [-0.05, 0) is 52.6 Å². The molecular formula is C27H24. The molecule has 0 amide bonds. The van der Waals surface area contributed by atoms with Crippen LogP contribution in [-0.4, -0.2) is 0 Å². The summed E-state index contributed by atoms with van der Waals surface area (Å²) >= 11 is 0. The lowest BCUT2D eigenvalue weighted by molar-refractivity contribution is 1.09. The molecule has 4 aromatic rings. The van der Waals surface area contributed by atoms with Crippen molar-refractivity contribution in [2.24, 2.45) is 0 Å². The van der Waals surface area contributed by atoms with Gasteiger partial charge in [-0.25, -0.2) is 0 Å². The summed E-state index contributed by atoms with van der Waals surface area (Å²) in [6.07, 6.45) is 2.93. The van der Waals surface area contributed by atoms with E-state index in [-0.39, 0.29) is 0 Å². The fourth-order valence-electron chi connectivity index (χ4n) is 3.64. The van der Waals surface area contributed by atoms with Gasteiger partial charge in [0.05, 0.1) is 0 Å². The lowest BCUT2D eigenvalue weighted by Crippen LogP contribution is -1.97. The van der Waals surface area contributed by atoms with Gasteiger partial charge >= 0.3 is 0 Å². The molecule has 0 spiro atoms. The van der Waals surface area contributed by atoms with Gasteiger partial charge in [0, 0.05) is 0 Å². The Morgan fingerprint density at radius 3 is 0.815 bits per heavy atom. The Hall–Kier alpha value is -3.12. The van der Waals surface area contributed by atoms with E-state index in [0.717, 1.165) is 19.3 Å². The van der Waals surface area contributed by atoms with E-state index in [0.29, 0.717) is 0 Å². The number of rotatable bonds is 6. The third-order valence-corrected chi connectivity index (χ3v) is 4.87. The monoisotopic (exact) mass is 348 g/mol. The van der Waals surface area contributed by atoms with Crippen molar-refractivity contribution < 1.29 is 0 Å². The van der Waals surface area contributed by atoms with Crippen LogP contribution in [0, 0.1) is 0 Å². The van der Waals surface area contributed by atoms with Gasteiger partial charge in [0.15, 0.2) is 0 Å². The molecule has 27 heavy (non-hydrogen) atoms. The predicted octanol–water partition coefficient (Wildman–Crippen LogP) is 6.46. The topological polar surface area (TPSA) is 0 Å². The maximum atomic E-state index is 2.37. The minimum Gasteiger partial charge on any atom is -0.0622 e. The van der Waals surface area contributed by atoms with Gasteiger partial charge < -0.3 is 0 Å². The molecule has 0 aromatic heterocycles. The van der Waals surface area contributed by atoms with Crippen LogP contribution in [0.25, 0.3) is 0 Å². The Bertz CT molecular complexity index is 826. The molecule has 0 heteroatoms. The molecule has 0 aliphatic heterocycles. The van der Waals surface area contributed by atoms with Crippen molar-refractivity contribution in [2.75, 3.05) is 0 Å². The van der Waals surface area contributed by atoms with Gasteiger partial charge in [-0.2, -0.15) is 0 Å². The van der Waals surface area contributed by atoms with Gasteiger partial charge in [-0.3, -0.25) is 0 Å².